The summed E-state index contributed by atoms with van der Waals surface area (Å²) in [6, 6.07) is 8.86. The van der Waals surface area contributed by atoms with Gasteiger partial charge in [0, 0.05) is 23.6 Å². The molecule has 0 amide bonds. The molecule has 4 atom stereocenters. The Morgan fingerprint density at radius 1 is 0.643 bits per heavy atom. The molecule has 3 aromatic rings. The Balaban J connectivity index is 1.62. The monoisotopic (exact) mass is 574 g/mol. The van der Waals surface area contributed by atoms with E-state index in [0.717, 1.165) is 38.5 Å². The van der Waals surface area contributed by atoms with E-state index < -0.39 is 32.4 Å². The summed E-state index contributed by atoms with van der Waals surface area (Å²) in [5.41, 5.74) is 0.590. The number of nitrogens with one attached hydrogen (secondary N) is 2. The van der Waals surface area contributed by atoms with Crippen LogP contribution in [0.4, 0.5) is 11.4 Å². The Morgan fingerprint density at radius 3 is 1.38 bits per heavy atom. The van der Waals surface area contributed by atoms with Crippen molar-refractivity contribution < 1.29 is 29.1 Å². The first-order valence-corrected chi connectivity index (χ1v) is 14.6. The van der Waals surface area contributed by atoms with Gasteiger partial charge in [-0.1, -0.05) is 24.3 Å². The van der Waals surface area contributed by atoms with Crippen LogP contribution < -0.4 is 10.6 Å². The lowest BCUT2D eigenvalue weighted by Crippen LogP contribution is -2.50. The fourth-order valence-corrected chi connectivity index (χ4v) is 7.56. The number of phenols is 2. The molecule has 6 rings (SSSR count). The summed E-state index contributed by atoms with van der Waals surface area (Å²) in [6.45, 7) is 0. The quantitative estimate of drug-likeness (QED) is 0.111. The fourth-order valence-electron chi connectivity index (χ4n) is 7.56. The molecule has 4 unspecified atom stereocenters. The zero-order valence-electron chi connectivity index (χ0n) is 24.4. The number of phenolic OH excluding ortho intramolecular Hbond substituents is 2. The molecule has 4 N–H and O–H groups in total. The van der Waals surface area contributed by atoms with Gasteiger partial charge in [-0.15, -0.1) is 0 Å². The van der Waals surface area contributed by atoms with E-state index in [2.05, 4.69) is 10.6 Å². The summed E-state index contributed by atoms with van der Waals surface area (Å²) in [6.07, 6.45) is 4.60. The van der Waals surface area contributed by atoms with E-state index in [1.807, 2.05) is 24.3 Å². The van der Waals surface area contributed by atoms with Crippen molar-refractivity contribution in [2.24, 2.45) is 0 Å². The van der Waals surface area contributed by atoms with Gasteiger partial charge in [-0.2, -0.15) is 0 Å². The number of hydroxylamine groups is 6. The van der Waals surface area contributed by atoms with Crippen LogP contribution in [0.2, 0.25) is 0 Å². The molecule has 0 aliphatic heterocycles. The lowest BCUT2D eigenvalue weighted by Gasteiger charge is -2.44. The molecule has 10 heteroatoms. The maximum Gasteiger partial charge on any atom is 0.200 e. The summed E-state index contributed by atoms with van der Waals surface area (Å²) in [5, 5.41) is 56.1. The van der Waals surface area contributed by atoms with Gasteiger partial charge < -0.3 is 40.6 Å². The van der Waals surface area contributed by atoms with Crippen molar-refractivity contribution in [3.63, 3.8) is 0 Å². The van der Waals surface area contributed by atoms with Crippen LogP contribution in [-0.2, 0) is 0 Å². The van der Waals surface area contributed by atoms with Crippen LogP contribution >= 0.6 is 0 Å². The number of carbonyl (C=O) groups excluding carboxylic acids is 2. The van der Waals surface area contributed by atoms with E-state index in [-0.39, 0.29) is 46.4 Å². The lowest BCUT2D eigenvalue weighted by molar-refractivity contribution is -0.866. The molecule has 222 valence electrons. The van der Waals surface area contributed by atoms with Crippen LogP contribution in [0.25, 0.3) is 10.8 Å². The van der Waals surface area contributed by atoms with Crippen molar-refractivity contribution in [1.29, 1.82) is 0 Å². The number of quaternary nitrogens is 2. The number of fused-ring (bicyclic) bond motifs is 3. The van der Waals surface area contributed by atoms with Crippen molar-refractivity contribution >= 4 is 33.7 Å². The Kier molecular flexibility index (Phi) is 6.73. The number of ketones is 2. The van der Waals surface area contributed by atoms with E-state index in [4.69, 9.17) is 0 Å². The summed E-state index contributed by atoms with van der Waals surface area (Å²) < 4.78 is -0.984. The van der Waals surface area contributed by atoms with Crippen molar-refractivity contribution in [2.45, 2.75) is 62.7 Å². The zero-order valence-corrected chi connectivity index (χ0v) is 24.4. The van der Waals surface area contributed by atoms with Crippen molar-refractivity contribution in [1.82, 2.24) is 0 Å². The molecule has 0 radical (unpaired) electrons. The highest BCUT2D eigenvalue weighted by Gasteiger charge is 2.43. The predicted molar refractivity (Wildman–Crippen MR) is 162 cm³/mol. The zero-order chi connectivity index (χ0) is 30.1. The normalized spacial score (nSPS) is 24.1. The van der Waals surface area contributed by atoms with Crippen LogP contribution in [0.5, 0.6) is 11.5 Å². The number of nitrogens with zero attached hydrogens (tertiary/aromatic N) is 2. The second-order valence-corrected chi connectivity index (χ2v) is 12.9. The van der Waals surface area contributed by atoms with E-state index in [9.17, 15) is 30.2 Å². The average Bonchev–Trinajstić information content (AvgIpc) is 3.59. The first-order valence-electron chi connectivity index (χ1n) is 14.6. The van der Waals surface area contributed by atoms with E-state index in [1.54, 1.807) is 28.2 Å². The van der Waals surface area contributed by atoms with E-state index >= 15 is 0 Å². The third kappa shape index (κ3) is 4.50. The second-order valence-electron chi connectivity index (χ2n) is 12.9. The number of carbonyl (C=O) groups is 2. The SMILES string of the molecule is C[N+](C)([O-])C1CCCC1Nc1c2c(c(NC3CCCC3[N+](C)(C)[O-])c3ccccc13)C(=O)c1c(O)ccc(O)c1C2=O. The van der Waals surface area contributed by atoms with Crippen molar-refractivity contribution in [3.05, 3.63) is 69.1 Å². The van der Waals surface area contributed by atoms with Crippen LogP contribution in [-0.4, -0.2) is 83.4 Å². The van der Waals surface area contributed by atoms with Gasteiger partial charge in [-0.3, -0.25) is 9.59 Å². The minimum absolute atomic E-state index is 0.0990. The molecule has 0 spiro atoms. The van der Waals surface area contributed by atoms with Gasteiger partial charge in [0.15, 0.2) is 0 Å². The lowest BCUT2D eigenvalue weighted by atomic mass is 9.79. The molecule has 0 aromatic heterocycles. The molecule has 3 aromatic carbocycles. The number of hydrogen-bond donors (Lipinski definition) is 4. The molecule has 2 saturated carbocycles. The van der Waals surface area contributed by atoms with Gasteiger partial charge >= 0.3 is 0 Å². The Labute approximate surface area is 244 Å². The van der Waals surface area contributed by atoms with E-state index in [1.165, 1.54) is 12.1 Å². The highest BCUT2D eigenvalue weighted by Crippen LogP contribution is 2.48. The molecule has 10 nitrogen and oxygen atoms in total. The molecular formula is C32H38N4O6. The number of benzene rings is 3. The fraction of sp³-hybridized carbons (Fsp3) is 0.438. The first kappa shape index (κ1) is 28.4. The maximum atomic E-state index is 14.3. The summed E-state index contributed by atoms with van der Waals surface area (Å²) in [7, 11) is 6.46. The molecule has 42 heavy (non-hydrogen) atoms. The van der Waals surface area contributed by atoms with Crippen LogP contribution in [0, 0.1) is 10.4 Å². The summed E-state index contributed by atoms with van der Waals surface area (Å²) in [4.78, 5) is 28.7. The molecule has 0 bridgehead atoms. The minimum atomic E-state index is -0.586. The first-order chi connectivity index (χ1) is 19.8. The standard InChI is InChI=1S/C32H38N4O6/c1-35(2,41)21-13-7-11-19(21)33-29-17-9-5-6-10-18(17)30(34-20-12-8-14-22(20)36(3,4)42)28-27(29)31(39)25-23(37)15-16-24(38)26(25)32(28)40/h5-6,9-10,15-16,19-22,33-34,37-38H,7-8,11-14H2,1-4H3. The average molecular weight is 575 g/mol. The minimum Gasteiger partial charge on any atom is -0.633 e. The smallest absolute Gasteiger partial charge is 0.200 e. The Morgan fingerprint density at radius 2 is 1.02 bits per heavy atom. The molecule has 3 aliphatic carbocycles. The van der Waals surface area contributed by atoms with Gasteiger partial charge in [0.1, 0.15) is 23.6 Å². The number of hydrogen-bond acceptors (Lipinski definition) is 8. The third-order valence-electron chi connectivity index (χ3n) is 9.50. The molecular weight excluding hydrogens is 536 g/mol. The molecule has 0 saturated heterocycles. The van der Waals surface area contributed by atoms with Gasteiger partial charge in [0.25, 0.3) is 0 Å². The maximum absolute atomic E-state index is 14.3. The van der Waals surface area contributed by atoms with Crippen molar-refractivity contribution in [3.8, 4) is 11.5 Å². The van der Waals surface area contributed by atoms with Gasteiger partial charge in [0.05, 0.1) is 73.9 Å². The van der Waals surface area contributed by atoms with Gasteiger partial charge in [0.2, 0.25) is 11.6 Å². The van der Waals surface area contributed by atoms with Crippen LogP contribution in [0.15, 0.2) is 36.4 Å². The number of aromatic hydroxyl groups is 2. The van der Waals surface area contributed by atoms with Gasteiger partial charge in [-0.25, -0.2) is 0 Å². The molecule has 2 fully saturated rings. The highest BCUT2D eigenvalue weighted by molar-refractivity contribution is 6.36. The van der Waals surface area contributed by atoms with Gasteiger partial charge in [-0.05, 0) is 37.8 Å². The number of anilines is 2. The largest absolute Gasteiger partial charge is 0.633 e. The highest BCUT2D eigenvalue weighted by atomic mass is 16.5. The Hall–Kier alpha value is -3.70. The van der Waals surface area contributed by atoms with Crippen molar-refractivity contribution in [2.75, 3.05) is 38.8 Å². The number of likely N-dealkylation sites (N-methyl/N-ethyl adjacent to an activating group) is 2. The Bertz CT molecular complexity index is 1490. The molecule has 3 aliphatic rings. The van der Waals surface area contributed by atoms with Crippen LogP contribution in [0.3, 0.4) is 0 Å². The second kappa shape index (κ2) is 9.95. The third-order valence-corrected chi connectivity index (χ3v) is 9.50. The van der Waals surface area contributed by atoms with E-state index in [0.29, 0.717) is 22.1 Å². The topological polar surface area (TPSA) is 145 Å². The predicted octanol–water partition coefficient (Wildman–Crippen LogP) is 4.84. The molecule has 0 heterocycles. The van der Waals surface area contributed by atoms with Crippen LogP contribution in [0.1, 0.15) is 70.4 Å². The summed E-state index contributed by atoms with van der Waals surface area (Å²) >= 11 is 0. The summed E-state index contributed by atoms with van der Waals surface area (Å²) in [5.74, 6) is -1.95. The number of rotatable bonds is 6.